The number of aromatic nitrogens is 1. The van der Waals surface area contributed by atoms with E-state index in [-0.39, 0.29) is 24.0 Å². The highest BCUT2D eigenvalue weighted by Gasteiger charge is 2.15. The highest BCUT2D eigenvalue weighted by Crippen LogP contribution is 2.18. The normalized spacial score (nSPS) is 19.4. The highest BCUT2D eigenvalue weighted by molar-refractivity contribution is 14.0. The highest BCUT2D eigenvalue weighted by atomic mass is 127. The van der Waals surface area contributed by atoms with Gasteiger partial charge < -0.3 is 25.0 Å². The molecule has 2 fully saturated rings. The molecule has 0 radical (unpaired) electrons. The molecule has 0 aliphatic carbocycles. The average Bonchev–Trinajstić information content (AvgIpc) is 3.29. The van der Waals surface area contributed by atoms with Gasteiger partial charge in [-0.1, -0.05) is 0 Å². The van der Waals surface area contributed by atoms with Gasteiger partial charge in [0.05, 0.1) is 19.8 Å². The molecule has 1 aromatic heterocycles. The molecule has 0 spiro atoms. The number of aliphatic imine (C=N–C) groups is 1. The molecule has 3 rings (SSSR count). The van der Waals surface area contributed by atoms with Crippen LogP contribution in [0.25, 0.3) is 0 Å². The zero-order valence-corrected chi connectivity index (χ0v) is 20.6. The van der Waals surface area contributed by atoms with Crippen molar-refractivity contribution in [1.29, 1.82) is 0 Å². The van der Waals surface area contributed by atoms with Gasteiger partial charge in [-0.15, -0.1) is 24.0 Å². The predicted molar refractivity (Wildman–Crippen MR) is 133 cm³/mol. The molecule has 170 valence electrons. The van der Waals surface area contributed by atoms with E-state index < -0.39 is 0 Å². The number of nitrogens with one attached hydrogen (secondary N) is 2. The van der Waals surface area contributed by atoms with Crippen LogP contribution >= 0.6 is 24.0 Å². The number of nitrogens with zero attached hydrogens (tertiary/aromatic N) is 3. The number of anilines is 1. The average molecular weight is 531 g/mol. The van der Waals surface area contributed by atoms with E-state index in [4.69, 9.17) is 14.5 Å². The smallest absolute Gasteiger partial charge is 0.191 e. The van der Waals surface area contributed by atoms with E-state index in [2.05, 4.69) is 39.6 Å². The SMILES string of the molecule is CCNC(=NCc1ccnc(N2CCCCC2)c1)NCCCOCC1CCOC1.I. The Morgan fingerprint density at radius 1 is 1.30 bits per heavy atom. The fourth-order valence-corrected chi connectivity index (χ4v) is 3.71. The molecule has 2 aliphatic rings. The molecule has 7 nitrogen and oxygen atoms in total. The minimum atomic E-state index is 0. The Balaban J connectivity index is 0.00000320. The van der Waals surface area contributed by atoms with Crippen molar-refractivity contribution in [2.24, 2.45) is 10.9 Å². The summed E-state index contributed by atoms with van der Waals surface area (Å²) in [6.45, 7) is 9.98. The number of halogens is 1. The number of rotatable bonds is 10. The number of hydrogen-bond donors (Lipinski definition) is 2. The number of guanidine groups is 1. The van der Waals surface area contributed by atoms with E-state index in [1.165, 1.54) is 24.8 Å². The molecule has 8 heteroatoms. The molecular weight excluding hydrogens is 493 g/mol. The van der Waals surface area contributed by atoms with E-state index in [9.17, 15) is 0 Å². The maximum absolute atomic E-state index is 5.77. The first-order chi connectivity index (χ1) is 14.3. The zero-order valence-electron chi connectivity index (χ0n) is 18.3. The lowest BCUT2D eigenvalue weighted by Crippen LogP contribution is -2.38. The van der Waals surface area contributed by atoms with Crippen LogP contribution in [0.2, 0.25) is 0 Å². The number of pyridine rings is 1. The van der Waals surface area contributed by atoms with Crippen LogP contribution in [0, 0.1) is 5.92 Å². The van der Waals surface area contributed by atoms with Gasteiger partial charge in [-0.05, 0) is 56.7 Å². The van der Waals surface area contributed by atoms with Crippen molar-refractivity contribution < 1.29 is 9.47 Å². The Morgan fingerprint density at radius 2 is 2.17 bits per heavy atom. The van der Waals surface area contributed by atoms with Crippen LogP contribution < -0.4 is 15.5 Å². The second-order valence-electron chi connectivity index (χ2n) is 7.85. The summed E-state index contributed by atoms with van der Waals surface area (Å²) in [6, 6.07) is 4.24. The molecule has 0 amide bonds. The van der Waals surface area contributed by atoms with E-state index in [0.29, 0.717) is 12.5 Å². The molecule has 2 aliphatic heterocycles. The van der Waals surface area contributed by atoms with Crippen molar-refractivity contribution >= 4 is 35.8 Å². The first-order valence-corrected chi connectivity index (χ1v) is 11.2. The van der Waals surface area contributed by atoms with Gasteiger partial charge in [0.2, 0.25) is 0 Å². The standard InChI is InChI=1S/C22H37N5O2.HI/c1-2-23-22(25-9-6-13-28-17-20-8-14-29-18-20)26-16-19-7-10-24-21(15-19)27-11-4-3-5-12-27;/h7,10,15,20H,2-6,8-9,11-14,16-18H2,1H3,(H2,23,25,26);1H. The quantitative estimate of drug-likeness (QED) is 0.209. The first kappa shape index (κ1) is 25.1. The van der Waals surface area contributed by atoms with Crippen molar-refractivity contribution in [3.05, 3.63) is 23.9 Å². The lowest BCUT2D eigenvalue weighted by molar-refractivity contribution is 0.0888. The summed E-state index contributed by atoms with van der Waals surface area (Å²) in [5.74, 6) is 2.52. The number of ether oxygens (including phenoxy) is 2. The third-order valence-electron chi connectivity index (χ3n) is 5.39. The van der Waals surface area contributed by atoms with Gasteiger partial charge >= 0.3 is 0 Å². The lowest BCUT2D eigenvalue weighted by atomic mass is 10.1. The van der Waals surface area contributed by atoms with Gasteiger partial charge in [0.25, 0.3) is 0 Å². The minimum absolute atomic E-state index is 0. The molecule has 2 N–H and O–H groups in total. The molecule has 1 aromatic rings. The maximum Gasteiger partial charge on any atom is 0.191 e. The van der Waals surface area contributed by atoms with E-state index >= 15 is 0 Å². The van der Waals surface area contributed by atoms with Crippen LogP contribution in [0.1, 0.15) is 44.6 Å². The Morgan fingerprint density at radius 3 is 2.93 bits per heavy atom. The van der Waals surface area contributed by atoms with Gasteiger partial charge in [-0.3, -0.25) is 0 Å². The Kier molecular flexibility index (Phi) is 12.4. The summed E-state index contributed by atoms with van der Waals surface area (Å²) >= 11 is 0. The Bertz CT molecular complexity index is 619. The fourth-order valence-electron chi connectivity index (χ4n) is 3.71. The van der Waals surface area contributed by atoms with Crippen LogP contribution in [0.5, 0.6) is 0 Å². The summed E-state index contributed by atoms with van der Waals surface area (Å²) < 4.78 is 11.1. The topological polar surface area (TPSA) is 71.0 Å². The zero-order chi connectivity index (χ0) is 20.2. The Labute approximate surface area is 198 Å². The molecule has 30 heavy (non-hydrogen) atoms. The van der Waals surface area contributed by atoms with Crippen LogP contribution in [0.15, 0.2) is 23.3 Å². The molecule has 0 aromatic carbocycles. The van der Waals surface area contributed by atoms with Gasteiger partial charge in [0, 0.05) is 51.5 Å². The predicted octanol–water partition coefficient (Wildman–Crippen LogP) is 3.19. The molecular formula is C22H38IN5O2. The van der Waals surface area contributed by atoms with Crippen LogP contribution in [-0.4, -0.2) is 63.6 Å². The summed E-state index contributed by atoms with van der Waals surface area (Å²) in [5.41, 5.74) is 1.19. The number of hydrogen-bond acceptors (Lipinski definition) is 5. The minimum Gasteiger partial charge on any atom is -0.381 e. The van der Waals surface area contributed by atoms with E-state index in [0.717, 1.165) is 77.2 Å². The second kappa shape index (κ2) is 14.8. The largest absolute Gasteiger partial charge is 0.381 e. The van der Waals surface area contributed by atoms with Crippen molar-refractivity contribution in [2.75, 3.05) is 57.5 Å². The maximum atomic E-state index is 5.77. The summed E-state index contributed by atoms with van der Waals surface area (Å²) in [4.78, 5) is 11.7. The van der Waals surface area contributed by atoms with Crippen molar-refractivity contribution in [1.82, 2.24) is 15.6 Å². The first-order valence-electron chi connectivity index (χ1n) is 11.2. The molecule has 1 unspecified atom stereocenters. The summed E-state index contributed by atoms with van der Waals surface area (Å²) in [6.07, 6.45) is 7.85. The fraction of sp³-hybridized carbons (Fsp3) is 0.727. The van der Waals surface area contributed by atoms with Gasteiger partial charge in [0.1, 0.15) is 5.82 Å². The molecule has 0 bridgehead atoms. The van der Waals surface area contributed by atoms with Gasteiger partial charge in [0.15, 0.2) is 5.96 Å². The summed E-state index contributed by atoms with van der Waals surface area (Å²) in [7, 11) is 0. The van der Waals surface area contributed by atoms with E-state index in [1.54, 1.807) is 0 Å². The number of piperidine rings is 1. The van der Waals surface area contributed by atoms with Gasteiger partial charge in [-0.2, -0.15) is 0 Å². The van der Waals surface area contributed by atoms with Crippen LogP contribution in [-0.2, 0) is 16.0 Å². The molecule has 2 saturated heterocycles. The molecule has 3 heterocycles. The van der Waals surface area contributed by atoms with Gasteiger partial charge in [-0.25, -0.2) is 9.98 Å². The Hall–Kier alpha value is -1.13. The van der Waals surface area contributed by atoms with Crippen molar-refractivity contribution in [2.45, 2.75) is 45.6 Å². The monoisotopic (exact) mass is 531 g/mol. The van der Waals surface area contributed by atoms with E-state index in [1.807, 2.05) is 6.20 Å². The molecule has 1 atom stereocenters. The van der Waals surface area contributed by atoms with Crippen LogP contribution in [0.3, 0.4) is 0 Å². The second-order valence-corrected chi connectivity index (χ2v) is 7.85. The third-order valence-corrected chi connectivity index (χ3v) is 5.39. The van der Waals surface area contributed by atoms with Crippen molar-refractivity contribution in [3.63, 3.8) is 0 Å². The summed E-state index contributed by atoms with van der Waals surface area (Å²) in [5, 5.41) is 6.73. The van der Waals surface area contributed by atoms with Crippen molar-refractivity contribution in [3.8, 4) is 0 Å². The van der Waals surface area contributed by atoms with Crippen LogP contribution in [0.4, 0.5) is 5.82 Å². The third kappa shape index (κ3) is 8.93. The lowest BCUT2D eigenvalue weighted by Gasteiger charge is -2.27. The molecule has 0 saturated carbocycles.